The molecular weight excluding hydrogens is 570 g/mol. The average molecular weight is 595 g/mol. The summed E-state index contributed by atoms with van der Waals surface area (Å²) in [7, 11) is -8.03. The Morgan fingerprint density at radius 2 is 0.921 bits per heavy atom. The Balaban J connectivity index is 0.000000374. The summed E-state index contributed by atoms with van der Waals surface area (Å²) in [6.07, 6.45) is 8.45. The number of imidazole rings is 2. The minimum absolute atomic E-state index is 0.921. The van der Waals surface area contributed by atoms with Gasteiger partial charge < -0.3 is 9.11 Å². The lowest BCUT2D eigenvalue weighted by Crippen LogP contribution is -2.29. The third-order valence-corrected chi connectivity index (χ3v) is 6.22. The predicted octanol–water partition coefficient (Wildman–Crippen LogP) is 1.75. The average Bonchev–Trinajstić information content (AvgIpc) is 3.24. The second-order valence-electron chi connectivity index (χ2n) is 7.78. The van der Waals surface area contributed by atoms with Gasteiger partial charge in [0.25, 0.3) is 11.6 Å². The number of rotatable bonds is 4. The Morgan fingerprint density at radius 3 is 1.08 bits per heavy atom. The molecule has 3 aromatic rings. The van der Waals surface area contributed by atoms with Crippen LogP contribution in [0.25, 0.3) is 0 Å². The summed E-state index contributed by atoms with van der Waals surface area (Å²) in [4.78, 5) is 0. The maximum Gasteiger partial charge on any atom is 0.485 e. The van der Waals surface area contributed by atoms with Crippen molar-refractivity contribution >= 4 is 20.2 Å². The van der Waals surface area contributed by atoms with E-state index in [2.05, 4.69) is 95.3 Å². The molecule has 0 unspecified atom stereocenters. The van der Waals surface area contributed by atoms with Gasteiger partial charge in [0.15, 0.2) is 20.2 Å². The van der Waals surface area contributed by atoms with Crippen LogP contribution in [0, 0.1) is 13.8 Å². The third-order valence-electron chi connectivity index (χ3n) is 5.09. The normalized spacial score (nSPS) is 12.3. The van der Waals surface area contributed by atoms with Crippen LogP contribution in [0.5, 0.6) is 0 Å². The first kappa shape index (κ1) is 33.1. The van der Waals surface area contributed by atoms with E-state index in [1.165, 1.54) is 22.8 Å². The Morgan fingerprint density at radius 1 is 0.684 bits per heavy atom. The van der Waals surface area contributed by atoms with Gasteiger partial charge in [-0.3, -0.25) is 0 Å². The molecule has 38 heavy (non-hydrogen) atoms. The fraction of sp³-hybridized carbons (Fsp3) is 0.400. The number of halogens is 6. The first-order chi connectivity index (χ1) is 17.0. The van der Waals surface area contributed by atoms with E-state index in [4.69, 9.17) is 25.9 Å². The van der Waals surface area contributed by atoms with E-state index in [1.807, 2.05) is 0 Å². The smallest absolute Gasteiger partial charge is 0.485 e. The minimum atomic E-state index is -6.09. The summed E-state index contributed by atoms with van der Waals surface area (Å²) in [6, 6.07) is 8.92. The summed E-state index contributed by atoms with van der Waals surface area (Å²) < 4.78 is 127. The zero-order valence-corrected chi connectivity index (χ0v) is 22.0. The number of hydrogen-bond donors (Lipinski definition) is 0. The van der Waals surface area contributed by atoms with Crippen LogP contribution in [0.15, 0.2) is 49.1 Å². The van der Waals surface area contributed by atoms with Gasteiger partial charge in [-0.05, 0) is 11.1 Å². The molecule has 0 bridgehead atoms. The number of nitrogens with zero attached hydrogens (tertiary/aromatic N) is 4. The molecule has 214 valence electrons. The lowest BCUT2D eigenvalue weighted by molar-refractivity contribution is -0.677. The van der Waals surface area contributed by atoms with Crippen LogP contribution >= 0.6 is 0 Å². The fourth-order valence-corrected chi connectivity index (χ4v) is 2.68. The van der Waals surface area contributed by atoms with Gasteiger partial charge in [0.2, 0.25) is 0 Å². The second kappa shape index (κ2) is 12.3. The van der Waals surface area contributed by atoms with Crippen molar-refractivity contribution in [3.8, 4) is 0 Å². The van der Waals surface area contributed by atoms with Crippen LogP contribution in [0.4, 0.5) is 26.3 Å². The number of aromatic nitrogens is 4. The highest BCUT2D eigenvalue weighted by atomic mass is 32.2. The van der Waals surface area contributed by atoms with Gasteiger partial charge >= 0.3 is 11.0 Å². The Kier molecular flexibility index (Phi) is 10.7. The highest BCUT2D eigenvalue weighted by Crippen LogP contribution is 2.21. The SMILES string of the molecule is Cc1n(Cc2ccc(Cn3cc[n+](C)c3C)cc2)cc[n+]1C.O=S(=O)([O-])C(F)(F)F.O=S(=O)([O-])C(F)(F)F. The maximum atomic E-state index is 10.7. The molecule has 0 amide bonds. The first-order valence-corrected chi connectivity index (χ1v) is 13.0. The van der Waals surface area contributed by atoms with E-state index in [9.17, 15) is 26.3 Å². The molecule has 0 spiro atoms. The molecule has 0 aliphatic heterocycles. The first-order valence-electron chi connectivity index (χ1n) is 10.2. The molecule has 0 radical (unpaired) electrons. The molecular formula is C20H24F6N4O6S2. The molecule has 18 heteroatoms. The van der Waals surface area contributed by atoms with E-state index in [0.717, 1.165) is 13.1 Å². The van der Waals surface area contributed by atoms with Crippen molar-refractivity contribution in [1.29, 1.82) is 0 Å². The van der Waals surface area contributed by atoms with Gasteiger partial charge in [-0.2, -0.15) is 26.3 Å². The largest absolute Gasteiger partial charge is 0.741 e. The van der Waals surface area contributed by atoms with Crippen molar-refractivity contribution in [2.45, 2.75) is 38.0 Å². The molecule has 10 nitrogen and oxygen atoms in total. The van der Waals surface area contributed by atoms with Gasteiger partial charge in [0.1, 0.15) is 37.9 Å². The zero-order valence-electron chi connectivity index (χ0n) is 20.4. The van der Waals surface area contributed by atoms with Crippen LogP contribution in [0.3, 0.4) is 0 Å². The number of aryl methyl sites for hydroxylation is 2. The molecule has 0 aliphatic rings. The van der Waals surface area contributed by atoms with Crippen LogP contribution in [-0.2, 0) is 47.4 Å². The second-order valence-corrected chi connectivity index (χ2v) is 10.5. The van der Waals surface area contributed by atoms with E-state index in [1.54, 1.807) is 0 Å². The standard InChI is InChI=1S/C18H24N4.2CHF3O3S/c1-15-19(3)9-11-21(15)13-17-5-7-18(8-6-17)14-22-12-10-20(4)16(22)2;2*2-1(3,4)8(5,6)7/h5-12H,13-14H2,1-4H3;2*(H,5,6,7)/q+2;;/p-2. The van der Waals surface area contributed by atoms with Gasteiger partial charge in [-0.15, -0.1) is 0 Å². The molecule has 2 aromatic heterocycles. The topological polar surface area (TPSA) is 132 Å². The van der Waals surface area contributed by atoms with Crippen molar-refractivity contribution in [2.24, 2.45) is 14.1 Å². The van der Waals surface area contributed by atoms with E-state index < -0.39 is 31.3 Å². The van der Waals surface area contributed by atoms with Crippen molar-refractivity contribution in [3.63, 3.8) is 0 Å². The highest BCUT2D eigenvalue weighted by molar-refractivity contribution is 7.86. The number of benzene rings is 1. The highest BCUT2D eigenvalue weighted by Gasteiger charge is 2.37. The van der Waals surface area contributed by atoms with Gasteiger partial charge in [-0.1, -0.05) is 24.3 Å². The maximum absolute atomic E-state index is 10.7. The zero-order chi connectivity index (χ0) is 29.7. The van der Waals surface area contributed by atoms with E-state index in [-0.39, 0.29) is 0 Å². The lowest BCUT2D eigenvalue weighted by atomic mass is 10.1. The van der Waals surface area contributed by atoms with E-state index in [0.29, 0.717) is 0 Å². The fourth-order valence-electron chi connectivity index (χ4n) is 2.68. The summed E-state index contributed by atoms with van der Waals surface area (Å²) in [5.41, 5.74) is -8.63. The Bertz CT molecular complexity index is 1320. The monoisotopic (exact) mass is 594 g/mol. The third kappa shape index (κ3) is 9.73. The Labute approximate surface area is 214 Å². The number of alkyl halides is 6. The molecule has 3 rings (SSSR count). The van der Waals surface area contributed by atoms with Crippen LogP contribution in [0.1, 0.15) is 22.8 Å². The summed E-state index contributed by atoms with van der Waals surface area (Å²) >= 11 is 0. The van der Waals surface area contributed by atoms with Crippen LogP contribution < -0.4 is 9.13 Å². The molecule has 0 aliphatic carbocycles. The predicted molar refractivity (Wildman–Crippen MR) is 117 cm³/mol. The molecule has 2 heterocycles. The van der Waals surface area contributed by atoms with Gasteiger partial charge in [0.05, 0.1) is 14.1 Å². The molecule has 0 saturated carbocycles. The van der Waals surface area contributed by atoms with Crippen molar-refractivity contribution in [3.05, 3.63) is 71.8 Å². The summed E-state index contributed by atoms with van der Waals surface area (Å²) in [6.45, 7) is 6.13. The molecule has 0 saturated heterocycles. The van der Waals surface area contributed by atoms with Crippen molar-refractivity contribution in [2.75, 3.05) is 0 Å². The van der Waals surface area contributed by atoms with E-state index >= 15 is 0 Å². The lowest BCUT2D eigenvalue weighted by Gasteiger charge is -2.08. The molecule has 0 atom stereocenters. The van der Waals surface area contributed by atoms with Crippen LogP contribution in [0.2, 0.25) is 0 Å². The Hall–Kier alpha value is -2.96. The molecule has 1 aromatic carbocycles. The quantitative estimate of drug-likeness (QED) is 0.196. The summed E-state index contributed by atoms with van der Waals surface area (Å²) in [5, 5.41) is 0. The summed E-state index contributed by atoms with van der Waals surface area (Å²) in [5.74, 6) is 2.53. The number of hydrogen-bond acceptors (Lipinski definition) is 6. The van der Waals surface area contributed by atoms with Gasteiger partial charge in [0, 0.05) is 13.8 Å². The van der Waals surface area contributed by atoms with Crippen LogP contribution in [-0.4, -0.2) is 46.1 Å². The minimum Gasteiger partial charge on any atom is -0.741 e. The van der Waals surface area contributed by atoms with Crippen molar-refractivity contribution in [1.82, 2.24) is 9.13 Å². The van der Waals surface area contributed by atoms with Gasteiger partial charge in [-0.25, -0.2) is 35.1 Å². The molecule has 0 N–H and O–H groups in total. The molecule has 0 fully saturated rings. The van der Waals surface area contributed by atoms with Crippen molar-refractivity contribution < 1.29 is 61.4 Å².